The Balaban J connectivity index is 1.32. The number of nitrogens with zero attached hydrogens (tertiary/aromatic N) is 1. The third-order valence-corrected chi connectivity index (χ3v) is 5.17. The fraction of sp³-hybridized carbons (Fsp3) is 0.286. The zero-order valence-electron chi connectivity index (χ0n) is 16.2. The second-order valence-corrected chi connectivity index (χ2v) is 7.34. The Hall–Kier alpha value is -3.11. The lowest BCUT2D eigenvalue weighted by molar-refractivity contribution is -0.153. The number of piperidine rings is 1. The molecule has 2 aliphatic rings. The minimum Gasteiger partial charge on any atom is -0.351 e. The summed E-state index contributed by atoms with van der Waals surface area (Å²) in [6, 6.07) is 10.1. The molecule has 2 aliphatic heterocycles. The molecule has 31 heavy (non-hydrogen) atoms. The second kappa shape index (κ2) is 8.20. The molecule has 0 saturated carbocycles. The fourth-order valence-electron chi connectivity index (χ4n) is 3.45. The Labute approximate surface area is 175 Å². The van der Waals surface area contributed by atoms with E-state index < -0.39 is 29.3 Å². The molecule has 1 amide bonds. The van der Waals surface area contributed by atoms with Crippen molar-refractivity contribution in [2.45, 2.75) is 24.6 Å². The monoisotopic (exact) mass is 437 g/mol. The molecule has 2 aromatic rings. The molecular formula is C21H19F4N3O3. The fourth-order valence-corrected chi connectivity index (χ4v) is 3.45. The van der Waals surface area contributed by atoms with Gasteiger partial charge in [0.2, 0.25) is 0 Å². The molecule has 1 spiro atoms. The van der Waals surface area contributed by atoms with Crippen LogP contribution >= 0.6 is 0 Å². The van der Waals surface area contributed by atoms with Gasteiger partial charge < -0.3 is 4.84 Å². The molecule has 0 aromatic heterocycles. The average molecular weight is 437 g/mol. The Bertz CT molecular complexity index is 967. The topological polar surface area (TPSA) is 62.8 Å². The molecule has 0 bridgehead atoms. The van der Waals surface area contributed by atoms with Crippen molar-refractivity contribution in [1.82, 2.24) is 10.5 Å². The van der Waals surface area contributed by atoms with E-state index in [1.54, 1.807) is 0 Å². The summed E-state index contributed by atoms with van der Waals surface area (Å²) >= 11 is 0. The van der Waals surface area contributed by atoms with Gasteiger partial charge in [-0.3, -0.25) is 15.6 Å². The van der Waals surface area contributed by atoms with Crippen molar-refractivity contribution in [2.75, 3.05) is 18.4 Å². The van der Waals surface area contributed by atoms with Gasteiger partial charge >= 0.3 is 12.3 Å². The Morgan fingerprint density at radius 2 is 1.71 bits per heavy atom. The number of halogens is 4. The van der Waals surface area contributed by atoms with Crippen molar-refractivity contribution in [3.05, 3.63) is 71.6 Å². The normalized spacial score (nSPS) is 18.4. The van der Waals surface area contributed by atoms with E-state index in [-0.39, 0.29) is 0 Å². The van der Waals surface area contributed by atoms with E-state index in [0.29, 0.717) is 42.9 Å². The van der Waals surface area contributed by atoms with Gasteiger partial charge in [-0.25, -0.2) is 9.18 Å². The predicted molar refractivity (Wildman–Crippen MR) is 104 cm³/mol. The first-order chi connectivity index (χ1) is 14.7. The van der Waals surface area contributed by atoms with Gasteiger partial charge in [0.25, 0.3) is 0 Å². The number of nitrogens with one attached hydrogen (secondary N) is 2. The van der Waals surface area contributed by atoms with Crippen LogP contribution in [-0.2, 0) is 15.9 Å². The van der Waals surface area contributed by atoms with E-state index in [2.05, 4.69) is 10.8 Å². The van der Waals surface area contributed by atoms with Crippen LogP contribution in [0.4, 0.5) is 28.0 Å². The van der Waals surface area contributed by atoms with Crippen molar-refractivity contribution in [3.8, 4) is 0 Å². The van der Waals surface area contributed by atoms with Crippen LogP contribution in [0.2, 0.25) is 0 Å². The molecule has 0 unspecified atom stereocenters. The van der Waals surface area contributed by atoms with Crippen LogP contribution in [0.15, 0.2) is 54.6 Å². The number of hydrogen-bond acceptors (Lipinski definition) is 5. The summed E-state index contributed by atoms with van der Waals surface area (Å²) in [4.78, 5) is 23.0. The number of carbonyl (C=O) groups excluding carboxylic acids is 1. The number of alkyl halides is 3. The Morgan fingerprint density at radius 1 is 1.06 bits per heavy atom. The number of hydrogen-bond donors (Lipinski definition) is 2. The Morgan fingerprint density at radius 3 is 2.32 bits per heavy atom. The summed E-state index contributed by atoms with van der Waals surface area (Å²) in [7, 11) is 0. The summed E-state index contributed by atoms with van der Waals surface area (Å²) in [5.41, 5.74) is 3.04. The summed E-state index contributed by atoms with van der Waals surface area (Å²) in [5.74, 6) is -0.408. The third kappa shape index (κ3) is 4.97. The molecular weight excluding hydrogens is 418 g/mol. The van der Waals surface area contributed by atoms with Crippen molar-refractivity contribution in [1.29, 1.82) is 0 Å². The lowest BCUT2D eigenvalue weighted by Gasteiger charge is -2.35. The van der Waals surface area contributed by atoms with E-state index in [9.17, 15) is 22.4 Å². The molecule has 2 aromatic carbocycles. The first-order valence-corrected chi connectivity index (χ1v) is 9.56. The minimum atomic E-state index is -4.39. The highest BCUT2D eigenvalue weighted by molar-refractivity contribution is 5.84. The molecule has 2 N–H and O–H groups in total. The van der Waals surface area contributed by atoms with Gasteiger partial charge in [0.15, 0.2) is 0 Å². The van der Waals surface area contributed by atoms with Crippen LogP contribution in [0.5, 0.6) is 0 Å². The molecule has 0 radical (unpaired) electrons. The molecule has 0 aliphatic carbocycles. The number of benzene rings is 2. The zero-order valence-corrected chi connectivity index (χ0v) is 16.2. The van der Waals surface area contributed by atoms with Crippen LogP contribution in [-0.4, -0.2) is 29.8 Å². The largest absolute Gasteiger partial charge is 0.430 e. The highest BCUT2D eigenvalue weighted by Crippen LogP contribution is 2.36. The van der Waals surface area contributed by atoms with Gasteiger partial charge in [-0.05, 0) is 60.9 Å². The van der Waals surface area contributed by atoms with E-state index in [1.165, 1.54) is 41.5 Å². The maximum atomic E-state index is 12.9. The van der Waals surface area contributed by atoms with Crippen molar-refractivity contribution in [2.24, 2.45) is 0 Å². The maximum absolute atomic E-state index is 12.9. The van der Waals surface area contributed by atoms with Gasteiger partial charge in [-0.15, -0.1) is 5.06 Å². The molecule has 1 fully saturated rings. The third-order valence-electron chi connectivity index (χ3n) is 5.17. The summed E-state index contributed by atoms with van der Waals surface area (Å²) in [6.45, 7) is 0.796. The second-order valence-electron chi connectivity index (χ2n) is 7.34. The van der Waals surface area contributed by atoms with Crippen LogP contribution in [0.1, 0.15) is 24.0 Å². The molecule has 1 saturated heterocycles. The summed E-state index contributed by atoms with van der Waals surface area (Å²) in [5, 5.41) is 4.01. The molecule has 4 rings (SSSR count). The number of anilines is 1. The number of amides is 1. The molecule has 6 nitrogen and oxygen atoms in total. The van der Waals surface area contributed by atoms with Gasteiger partial charge in [0.05, 0.1) is 11.3 Å². The van der Waals surface area contributed by atoms with E-state index in [4.69, 9.17) is 9.68 Å². The van der Waals surface area contributed by atoms with Crippen LogP contribution in [0, 0.1) is 5.82 Å². The smallest absolute Gasteiger partial charge is 0.351 e. The summed E-state index contributed by atoms with van der Waals surface area (Å²) < 4.78 is 51.1. The van der Waals surface area contributed by atoms with Gasteiger partial charge in [0.1, 0.15) is 11.4 Å². The number of hydroxylamine groups is 3. The lowest BCUT2D eigenvalue weighted by atomic mass is 9.91. The van der Waals surface area contributed by atoms with E-state index in [1.807, 2.05) is 6.08 Å². The van der Waals surface area contributed by atoms with Gasteiger partial charge in [-0.1, -0.05) is 12.1 Å². The molecule has 0 atom stereocenters. The lowest BCUT2D eigenvalue weighted by Crippen LogP contribution is -2.45. The minimum absolute atomic E-state index is 0.398. The standard InChI is InChI=1S/C21H19F4N3O3/c22-16-5-7-17(8-6-16)26-19(29)30-28-11-9-20(10-12-28)13-18(27-31-20)14-1-3-15(4-2-14)21(23,24)25/h1-8,13,27H,9-12H2,(H,26,29). The first kappa shape index (κ1) is 21.1. The molecule has 10 heteroatoms. The van der Waals surface area contributed by atoms with Crippen molar-refractivity contribution < 1.29 is 32.0 Å². The van der Waals surface area contributed by atoms with Crippen molar-refractivity contribution in [3.63, 3.8) is 0 Å². The van der Waals surface area contributed by atoms with Crippen LogP contribution in [0.25, 0.3) is 5.70 Å². The first-order valence-electron chi connectivity index (χ1n) is 9.56. The predicted octanol–water partition coefficient (Wildman–Crippen LogP) is 4.72. The average Bonchev–Trinajstić information content (AvgIpc) is 3.15. The molecule has 2 heterocycles. The molecule has 164 valence electrons. The quantitative estimate of drug-likeness (QED) is 0.681. The van der Waals surface area contributed by atoms with Crippen LogP contribution < -0.4 is 10.8 Å². The van der Waals surface area contributed by atoms with Crippen molar-refractivity contribution >= 4 is 17.5 Å². The van der Waals surface area contributed by atoms with E-state index >= 15 is 0 Å². The van der Waals surface area contributed by atoms with E-state index in [0.717, 1.165) is 12.1 Å². The highest BCUT2D eigenvalue weighted by atomic mass is 19.4. The van der Waals surface area contributed by atoms with Crippen LogP contribution in [0.3, 0.4) is 0 Å². The summed E-state index contributed by atoms with van der Waals surface area (Å²) in [6.07, 6.45) is -2.20. The zero-order chi connectivity index (χ0) is 22.1. The van der Waals surface area contributed by atoms with Gasteiger partial charge in [-0.2, -0.15) is 13.2 Å². The highest BCUT2D eigenvalue weighted by Gasteiger charge is 2.40. The Kier molecular flexibility index (Phi) is 5.59. The number of rotatable bonds is 3. The maximum Gasteiger partial charge on any atom is 0.430 e. The van der Waals surface area contributed by atoms with Gasteiger partial charge in [0, 0.05) is 18.8 Å². The SMILES string of the molecule is O=C(Nc1ccc(F)cc1)ON1CCC2(C=C(c3ccc(C(F)(F)F)cc3)NO2)CC1. The number of carbonyl (C=O) groups is 1.